The summed E-state index contributed by atoms with van der Waals surface area (Å²) < 4.78 is 0. The van der Waals surface area contributed by atoms with Crippen LogP contribution < -0.4 is 0 Å². The summed E-state index contributed by atoms with van der Waals surface area (Å²) in [5, 5.41) is 0. The second-order valence-corrected chi connectivity index (χ2v) is 7.07. The predicted molar refractivity (Wildman–Crippen MR) is 72.6 cm³/mol. The van der Waals surface area contributed by atoms with E-state index in [-0.39, 0.29) is 0 Å². The molecule has 0 spiro atoms. The molecule has 0 amide bonds. The summed E-state index contributed by atoms with van der Waals surface area (Å²) in [7, 11) is 2.33. The zero-order chi connectivity index (χ0) is 12.5. The first-order valence-electron chi connectivity index (χ1n) is 6.28. The summed E-state index contributed by atoms with van der Waals surface area (Å²) in [6, 6.07) is 0. The van der Waals surface area contributed by atoms with Crippen LogP contribution in [0, 0.1) is 22.2 Å². The minimum absolute atomic E-state index is 0.341. The van der Waals surface area contributed by atoms with E-state index >= 15 is 0 Å². The van der Waals surface area contributed by atoms with Crippen LogP contribution in [0.1, 0.15) is 55.4 Å². The van der Waals surface area contributed by atoms with Crippen LogP contribution in [0.4, 0.5) is 0 Å². The van der Waals surface area contributed by atoms with Gasteiger partial charge in [-0.15, -0.1) is 0 Å². The van der Waals surface area contributed by atoms with Crippen LogP contribution in [0.5, 0.6) is 0 Å². The zero-order valence-corrected chi connectivity index (χ0v) is 12.4. The lowest BCUT2D eigenvalue weighted by Crippen LogP contribution is -2.48. The predicted octanol–water partition coefficient (Wildman–Crippen LogP) is 4.89. The molecule has 0 aliphatic heterocycles. The van der Waals surface area contributed by atoms with Crippen molar-refractivity contribution in [3.63, 3.8) is 0 Å². The molecule has 1 radical (unpaired) electrons. The van der Waals surface area contributed by atoms with Crippen molar-refractivity contribution >= 4 is 7.28 Å². The van der Waals surface area contributed by atoms with E-state index in [4.69, 9.17) is 0 Å². The van der Waals surface area contributed by atoms with Gasteiger partial charge < -0.3 is 0 Å². The normalized spacial score (nSPS) is 17.7. The summed E-state index contributed by atoms with van der Waals surface area (Å²) in [6.45, 7) is 21.3. The van der Waals surface area contributed by atoms with Gasteiger partial charge >= 0.3 is 0 Å². The van der Waals surface area contributed by atoms with Gasteiger partial charge in [0.15, 0.2) is 0 Å². The molecule has 1 atom stereocenters. The first-order valence-corrected chi connectivity index (χ1v) is 6.28. The van der Waals surface area contributed by atoms with Crippen molar-refractivity contribution < 1.29 is 0 Å². The summed E-state index contributed by atoms with van der Waals surface area (Å²) in [5.41, 5.74) is 1.05. The Morgan fingerprint density at radius 3 is 1.53 bits per heavy atom. The molecule has 0 nitrogen and oxygen atoms in total. The Morgan fingerprint density at radius 1 is 0.933 bits per heavy atom. The van der Waals surface area contributed by atoms with Gasteiger partial charge in [-0.25, -0.2) is 0 Å². The van der Waals surface area contributed by atoms with Crippen LogP contribution >= 0.6 is 0 Å². The second kappa shape index (κ2) is 4.51. The Kier molecular flexibility index (Phi) is 4.53. The molecule has 15 heavy (non-hydrogen) atoms. The van der Waals surface area contributed by atoms with Crippen LogP contribution in [0.15, 0.2) is 0 Å². The van der Waals surface area contributed by atoms with E-state index in [0.717, 1.165) is 0 Å². The second-order valence-electron chi connectivity index (χ2n) is 7.07. The Morgan fingerprint density at radius 2 is 1.33 bits per heavy atom. The molecule has 1 heteroatoms. The molecule has 0 aliphatic carbocycles. The van der Waals surface area contributed by atoms with Crippen LogP contribution in [0.3, 0.4) is 0 Å². The molecule has 0 aromatic heterocycles. The molecular formula is C14H30B. The third-order valence-corrected chi connectivity index (χ3v) is 5.13. The average Bonchev–Trinajstić information content (AvgIpc) is 2.01. The first-order chi connectivity index (χ1) is 6.50. The van der Waals surface area contributed by atoms with Crippen molar-refractivity contribution in [3.05, 3.63) is 0 Å². The van der Waals surface area contributed by atoms with Gasteiger partial charge in [0.25, 0.3) is 0 Å². The number of hydrogen-bond donors (Lipinski definition) is 0. The molecular weight excluding hydrogens is 179 g/mol. The van der Waals surface area contributed by atoms with Crippen LogP contribution in [-0.4, -0.2) is 7.28 Å². The summed E-state index contributed by atoms with van der Waals surface area (Å²) >= 11 is 0. The Balaban J connectivity index is 5.29. The Labute approximate surface area is 98.5 Å². The lowest BCUT2D eigenvalue weighted by molar-refractivity contribution is -0.0385. The van der Waals surface area contributed by atoms with E-state index in [2.05, 4.69) is 69.5 Å². The highest BCUT2D eigenvalue weighted by Gasteiger charge is 2.49. The molecule has 0 aromatic rings. The molecule has 0 rings (SSSR count). The maximum Gasteiger partial charge on any atom is 0.106 e. The Hall–Kier alpha value is 0.0649. The van der Waals surface area contributed by atoms with Crippen LogP contribution in [0.25, 0.3) is 0 Å². The minimum atomic E-state index is 0.341. The molecule has 0 fully saturated rings. The van der Waals surface area contributed by atoms with Gasteiger partial charge in [-0.3, -0.25) is 0 Å². The van der Waals surface area contributed by atoms with Gasteiger partial charge in [0.1, 0.15) is 7.28 Å². The number of rotatable bonds is 4. The molecule has 0 aliphatic rings. The fourth-order valence-electron chi connectivity index (χ4n) is 2.58. The third kappa shape index (κ3) is 2.60. The maximum atomic E-state index is 2.45. The van der Waals surface area contributed by atoms with Crippen molar-refractivity contribution in [1.29, 1.82) is 0 Å². The monoisotopic (exact) mass is 209 g/mol. The zero-order valence-electron chi connectivity index (χ0n) is 12.4. The maximum absolute atomic E-state index is 2.45. The highest BCUT2D eigenvalue weighted by atomic mass is 14.5. The van der Waals surface area contributed by atoms with E-state index in [1.165, 1.54) is 6.32 Å². The molecule has 89 valence electrons. The SMILES string of the molecule is C[B]CC(C)(C(C)(C)C)C(C)(C)C(C)C. The first kappa shape index (κ1) is 15.1. The molecule has 0 saturated heterocycles. The smallest absolute Gasteiger partial charge is 0.0920 e. The van der Waals surface area contributed by atoms with Crippen molar-refractivity contribution in [2.75, 3.05) is 0 Å². The van der Waals surface area contributed by atoms with Gasteiger partial charge in [-0.2, -0.15) is 0 Å². The fourth-order valence-corrected chi connectivity index (χ4v) is 2.58. The summed E-state index contributed by atoms with van der Waals surface area (Å²) in [4.78, 5) is 0. The highest BCUT2D eigenvalue weighted by Crippen LogP contribution is 2.57. The minimum Gasteiger partial charge on any atom is -0.0920 e. The summed E-state index contributed by atoms with van der Waals surface area (Å²) in [5.74, 6) is 0.710. The molecule has 0 saturated carbocycles. The lowest BCUT2D eigenvalue weighted by Gasteiger charge is -2.55. The average molecular weight is 209 g/mol. The molecule has 0 bridgehead atoms. The Bertz CT molecular complexity index is 198. The standard InChI is InChI=1S/C14H30B/c1-11(2)13(6,7)14(8,10-15-9)12(3,4)5/h11H,10H2,1-9H3. The van der Waals surface area contributed by atoms with E-state index in [1.807, 2.05) is 0 Å². The van der Waals surface area contributed by atoms with Crippen LogP contribution in [-0.2, 0) is 0 Å². The molecule has 0 N–H and O–H groups in total. The van der Waals surface area contributed by atoms with Crippen LogP contribution in [0.2, 0.25) is 13.1 Å². The van der Waals surface area contributed by atoms with Crippen molar-refractivity contribution in [2.24, 2.45) is 22.2 Å². The third-order valence-electron chi connectivity index (χ3n) is 5.13. The quantitative estimate of drug-likeness (QED) is 0.578. The lowest BCUT2D eigenvalue weighted by atomic mass is 9.45. The largest absolute Gasteiger partial charge is 0.106 e. The molecule has 0 aromatic carbocycles. The van der Waals surface area contributed by atoms with Gasteiger partial charge in [-0.1, -0.05) is 68.5 Å². The van der Waals surface area contributed by atoms with E-state index in [0.29, 0.717) is 22.2 Å². The highest BCUT2D eigenvalue weighted by molar-refractivity contribution is 6.33. The topological polar surface area (TPSA) is 0 Å². The van der Waals surface area contributed by atoms with E-state index < -0.39 is 0 Å². The fraction of sp³-hybridized carbons (Fsp3) is 1.00. The van der Waals surface area contributed by atoms with Crippen molar-refractivity contribution in [2.45, 2.75) is 68.5 Å². The van der Waals surface area contributed by atoms with Gasteiger partial charge in [0, 0.05) is 0 Å². The molecule has 1 unspecified atom stereocenters. The van der Waals surface area contributed by atoms with Gasteiger partial charge in [0.2, 0.25) is 0 Å². The summed E-state index contributed by atoms with van der Waals surface area (Å²) in [6.07, 6.45) is 1.20. The van der Waals surface area contributed by atoms with E-state index in [1.54, 1.807) is 0 Å². The van der Waals surface area contributed by atoms with E-state index in [9.17, 15) is 0 Å². The van der Waals surface area contributed by atoms with Crippen molar-refractivity contribution in [3.8, 4) is 0 Å². The van der Waals surface area contributed by atoms with Gasteiger partial charge in [-0.05, 0) is 22.2 Å². The molecule has 0 heterocycles. The number of hydrogen-bond acceptors (Lipinski definition) is 0. The van der Waals surface area contributed by atoms with Gasteiger partial charge in [0.05, 0.1) is 0 Å². The van der Waals surface area contributed by atoms with Crippen molar-refractivity contribution in [1.82, 2.24) is 0 Å².